The maximum Gasteiger partial charge on any atom is 0.514 e. The second-order valence-electron chi connectivity index (χ2n) is 15.2. The van der Waals surface area contributed by atoms with Crippen molar-refractivity contribution in [2.45, 2.75) is 112 Å². The van der Waals surface area contributed by atoms with Crippen molar-refractivity contribution in [3.8, 4) is 68.7 Å². The molecule has 4 aromatic rings. The molecule has 0 bridgehead atoms. The number of aromatic nitrogens is 3. The molecule has 1 heterocycles. The number of benzene rings is 3. The van der Waals surface area contributed by atoms with Gasteiger partial charge in [0.1, 0.15) is 45.7 Å². The Morgan fingerprint density at radius 3 is 1.12 bits per heavy atom. The van der Waals surface area contributed by atoms with Crippen LogP contribution in [0.3, 0.4) is 0 Å². The van der Waals surface area contributed by atoms with Crippen molar-refractivity contribution in [2.75, 3.05) is 26.9 Å². The number of nitrogens with zero attached hydrogens (tertiary/aromatic N) is 3. The first-order valence-corrected chi connectivity index (χ1v) is 19.6. The highest BCUT2D eigenvalue weighted by molar-refractivity contribution is 5.78. The molecule has 0 amide bonds. The number of methoxy groups -OCH3 is 1. The van der Waals surface area contributed by atoms with Gasteiger partial charge in [-0.25, -0.2) is 24.5 Å². The summed E-state index contributed by atoms with van der Waals surface area (Å²) in [6.07, 6.45) is 3.61. The Bertz CT molecular complexity index is 1850. The Morgan fingerprint density at radius 1 is 0.509 bits per heavy atom. The third-order valence-electron chi connectivity index (χ3n) is 7.90. The van der Waals surface area contributed by atoms with Gasteiger partial charge in [-0.05, 0) is 97.2 Å². The lowest BCUT2D eigenvalue weighted by molar-refractivity contribution is 0.0193. The van der Waals surface area contributed by atoms with E-state index in [-0.39, 0.29) is 29.0 Å². The predicted molar refractivity (Wildman–Crippen MR) is 218 cm³/mol. The van der Waals surface area contributed by atoms with E-state index in [9.17, 15) is 9.59 Å². The van der Waals surface area contributed by atoms with Gasteiger partial charge in [-0.1, -0.05) is 40.0 Å². The van der Waals surface area contributed by atoms with Crippen molar-refractivity contribution in [3.05, 3.63) is 54.6 Å². The number of unbranched alkanes of at least 4 members (excludes halogenated alkanes) is 3. The van der Waals surface area contributed by atoms with Gasteiger partial charge < -0.3 is 37.9 Å². The molecule has 0 N–H and O–H groups in total. The summed E-state index contributed by atoms with van der Waals surface area (Å²) < 4.78 is 46.4. The molecule has 3 aromatic carbocycles. The standard InChI is InChI=1S/C44H57N3O10/c1-11-14-23-51-29-17-20-32(35(26-29)50-10)38-45-39(33-21-18-30(52-24-15-12-2)27-36(33)54-41(48)56-43(4,5)6)47-40(46-38)34-22-19-31(53-25-16-13-3)28-37(34)55-42(49)57-44(7,8)9/h17-22,26-28H,11-16,23-25H2,1-10H3. The molecule has 0 fully saturated rings. The highest BCUT2D eigenvalue weighted by Gasteiger charge is 2.26. The SMILES string of the molecule is CCCCOc1ccc(-c2nc(-c3ccc(OCCCC)cc3OC(=O)OC(C)(C)C)nc(-c3ccc(OCCCC)cc3OC(=O)OC(C)(C)C)n2)c(OC)c1. The van der Waals surface area contributed by atoms with Crippen LogP contribution in [0.5, 0.6) is 34.5 Å². The Balaban J connectivity index is 1.96. The van der Waals surface area contributed by atoms with Crippen molar-refractivity contribution in [2.24, 2.45) is 0 Å². The fourth-order valence-corrected chi connectivity index (χ4v) is 5.13. The van der Waals surface area contributed by atoms with Crippen LogP contribution < -0.4 is 28.4 Å². The van der Waals surface area contributed by atoms with Crippen LogP contribution in [0.1, 0.15) is 101 Å². The largest absolute Gasteiger partial charge is 0.514 e. The summed E-state index contributed by atoms with van der Waals surface area (Å²) in [6.45, 7) is 18.2. The van der Waals surface area contributed by atoms with Gasteiger partial charge in [0.05, 0.1) is 43.6 Å². The normalized spacial score (nSPS) is 11.4. The molecule has 308 valence electrons. The molecule has 0 radical (unpaired) electrons. The minimum Gasteiger partial charge on any atom is -0.496 e. The monoisotopic (exact) mass is 787 g/mol. The van der Waals surface area contributed by atoms with Crippen LogP contribution in [0.15, 0.2) is 54.6 Å². The van der Waals surface area contributed by atoms with E-state index in [0.29, 0.717) is 59.5 Å². The van der Waals surface area contributed by atoms with Gasteiger partial charge in [0, 0.05) is 18.2 Å². The molecular weight excluding hydrogens is 730 g/mol. The maximum absolute atomic E-state index is 13.1. The zero-order valence-corrected chi connectivity index (χ0v) is 35.0. The number of carbonyl (C=O) groups is 2. The molecule has 0 aliphatic rings. The summed E-state index contributed by atoms with van der Waals surface area (Å²) in [5, 5.41) is 0. The van der Waals surface area contributed by atoms with Crippen LogP contribution in [-0.2, 0) is 9.47 Å². The molecule has 57 heavy (non-hydrogen) atoms. The second-order valence-corrected chi connectivity index (χ2v) is 15.2. The van der Waals surface area contributed by atoms with E-state index in [0.717, 1.165) is 38.5 Å². The van der Waals surface area contributed by atoms with Gasteiger partial charge in [-0.2, -0.15) is 0 Å². The summed E-state index contributed by atoms with van der Waals surface area (Å²) in [5.74, 6) is 2.69. The van der Waals surface area contributed by atoms with Gasteiger partial charge >= 0.3 is 12.3 Å². The van der Waals surface area contributed by atoms with Gasteiger partial charge in [0.2, 0.25) is 0 Å². The van der Waals surface area contributed by atoms with Crippen LogP contribution in [0.2, 0.25) is 0 Å². The fraction of sp³-hybridized carbons (Fsp3) is 0.477. The van der Waals surface area contributed by atoms with Crippen LogP contribution in [0, 0.1) is 0 Å². The average molecular weight is 788 g/mol. The zero-order chi connectivity index (χ0) is 41.6. The minimum atomic E-state index is -0.920. The first-order valence-electron chi connectivity index (χ1n) is 19.6. The summed E-state index contributed by atoms with van der Waals surface area (Å²) in [6, 6.07) is 15.5. The number of rotatable bonds is 18. The smallest absolute Gasteiger partial charge is 0.496 e. The molecule has 0 aliphatic heterocycles. The fourth-order valence-electron chi connectivity index (χ4n) is 5.13. The molecule has 13 nitrogen and oxygen atoms in total. The van der Waals surface area contributed by atoms with Gasteiger partial charge in [0.15, 0.2) is 17.5 Å². The Morgan fingerprint density at radius 2 is 0.825 bits per heavy atom. The number of hydrogen-bond donors (Lipinski definition) is 0. The summed E-state index contributed by atoms with van der Waals surface area (Å²) >= 11 is 0. The molecular formula is C44H57N3O10. The van der Waals surface area contributed by atoms with Crippen molar-refractivity contribution >= 4 is 12.3 Å². The van der Waals surface area contributed by atoms with Crippen molar-refractivity contribution in [3.63, 3.8) is 0 Å². The molecule has 4 rings (SSSR count). The molecule has 1 aromatic heterocycles. The summed E-state index contributed by atoms with van der Waals surface area (Å²) in [5.41, 5.74) is -0.448. The van der Waals surface area contributed by atoms with E-state index in [1.54, 1.807) is 97.2 Å². The van der Waals surface area contributed by atoms with Crippen molar-refractivity contribution in [1.29, 1.82) is 0 Å². The topological polar surface area (TPSA) is 147 Å². The number of ether oxygens (including phenoxy) is 8. The highest BCUT2D eigenvalue weighted by Crippen LogP contribution is 2.39. The Labute approximate surface area is 336 Å². The van der Waals surface area contributed by atoms with Gasteiger partial charge in [-0.15, -0.1) is 0 Å². The molecule has 0 aliphatic carbocycles. The van der Waals surface area contributed by atoms with E-state index in [2.05, 4.69) is 20.8 Å². The lowest BCUT2D eigenvalue weighted by Crippen LogP contribution is -2.26. The number of carbonyl (C=O) groups excluding carboxylic acids is 2. The minimum absolute atomic E-state index is 0.0953. The lowest BCUT2D eigenvalue weighted by Gasteiger charge is -2.20. The number of hydrogen-bond acceptors (Lipinski definition) is 13. The van der Waals surface area contributed by atoms with Gasteiger partial charge in [-0.3, -0.25) is 0 Å². The predicted octanol–water partition coefficient (Wildman–Crippen LogP) is 11.0. The zero-order valence-electron chi connectivity index (χ0n) is 35.0. The molecule has 0 saturated carbocycles. The van der Waals surface area contributed by atoms with Crippen LogP contribution in [0.4, 0.5) is 9.59 Å². The molecule has 0 atom stereocenters. The molecule has 0 saturated heterocycles. The maximum atomic E-state index is 13.1. The quantitative estimate of drug-likeness (QED) is 0.0536. The summed E-state index contributed by atoms with van der Waals surface area (Å²) in [7, 11) is 1.55. The molecule has 0 spiro atoms. The first kappa shape index (κ1) is 44.1. The van der Waals surface area contributed by atoms with E-state index in [4.69, 9.17) is 52.8 Å². The molecule has 0 unspecified atom stereocenters. The average Bonchev–Trinajstić information content (AvgIpc) is 3.13. The summed E-state index contributed by atoms with van der Waals surface area (Å²) in [4.78, 5) is 40.9. The first-order chi connectivity index (χ1) is 27.1. The van der Waals surface area contributed by atoms with E-state index in [1.807, 2.05) is 6.07 Å². The third kappa shape index (κ3) is 13.8. The second kappa shape index (κ2) is 20.5. The van der Waals surface area contributed by atoms with Gasteiger partial charge in [0.25, 0.3) is 0 Å². The Kier molecular flexibility index (Phi) is 15.9. The molecule has 13 heteroatoms. The van der Waals surface area contributed by atoms with Crippen LogP contribution >= 0.6 is 0 Å². The Hall–Kier alpha value is -5.59. The van der Waals surface area contributed by atoms with E-state index >= 15 is 0 Å². The van der Waals surface area contributed by atoms with Crippen LogP contribution in [0.25, 0.3) is 34.2 Å². The third-order valence-corrected chi connectivity index (χ3v) is 7.90. The van der Waals surface area contributed by atoms with Crippen molar-refractivity contribution < 1.29 is 47.5 Å². The van der Waals surface area contributed by atoms with E-state index < -0.39 is 23.5 Å². The highest BCUT2D eigenvalue weighted by atomic mass is 16.7. The lowest BCUT2D eigenvalue weighted by atomic mass is 10.1. The van der Waals surface area contributed by atoms with Crippen molar-refractivity contribution in [1.82, 2.24) is 15.0 Å². The van der Waals surface area contributed by atoms with Crippen LogP contribution in [-0.4, -0.2) is 65.4 Å². The van der Waals surface area contributed by atoms with E-state index in [1.165, 1.54) is 0 Å².